The summed E-state index contributed by atoms with van der Waals surface area (Å²) in [5.41, 5.74) is 0.165. The van der Waals surface area contributed by atoms with Gasteiger partial charge in [0.05, 0.1) is 6.61 Å². The minimum absolute atomic E-state index is 0.165. The number of esters is 1. The summed E-state index contributed by atoms with van der Waals surface area (Å²) in [4.78, 5) is 21.1. The maximum Gasteiger partial charge on any atom is 0.516 e. The Balaban J connectivity index is 3.76. The summed E-state index contributed by atoms with van der Waals surface area (Å²) in [6.45, 7) is 6.53. The highest BCUT2D eigenvalue weighted by atomic mass is 16.7. The summed E-state index contributed by atoms with van der Waals surface area (Å²) >= 11 is 0. The van der Waals surface area contributed by atoms with Crippen molar-refractivity contribution in [2.75, 3.05) is 6.61 Å². The van der Waals surface area contributed by atoms with Crippen molar-refractivity contribution in [3.05, 3.63) is 12.2 Å². The maximum absolute atomic E-state index is 10.6. The third kappa shape index (κ3) is 4.13. The summed E-state index contributed by atoms with van der Waals surface area (Å²) in [5.74, 6) is -0.761. The van der Waals surface area contributed by atoms with E-state index in [1.54, 1.807) is 6.92 Å². The van der Waals surface area contributed by atoms with E-state index in [9.17, 15) is 9.59 Å². The van der Waals surface area contributed by atoms with Crippen LogP contribution in [-0.4, -0.2) is 18.7 Å². The molecule has 0 aromatic carbocycles. The van der Waals surface area contributed by atoms with Crippen LogP contribution in [0.5, 0.6) is 0 Å². The molecule has 0 amide bonds. The van der Waals surface area contributed by atoms with E-state index < -0.39 is 12.1 Å². The van der Waals surface area contributed by atoms with Crippen molar-refractivity contribution in [2.24, 2.45) is 0 Å². The van der Waals surface area contributed by atoms with Crippen LogP contribution >= 0.6 is 0 Å². The summed E-state index contributed by atoms with van der Waals surface area (Å²) in [7, 11) is 0. The topological polar surface area (TPSA) is 52.6 Å². The van der Waals surface area contributed by atoms with Gasteiger partial charge in [0, 0.05) is 5.57 Å². The van der Waals surface area contributed by atoms with Gasteiger partial charge in [0.2, 0.25) is 0 Å². The fourth-order valence-corrected chi connectivity index (χ4v) is 0.310. The highest BCUT2D eigenvalue weighted by Gasteiger charge is 2.10. The first-order valence-corrected chi connectivity index (χ1v) is 3.12. The van der Waals surface area contributed by atoms with Gasteiger partial charge in [-0.05, 0) is 13.8 Å². The largest absolute Gasteiger partial charge is 0.516 e. The number of rotatable bonds is 2. The van der Waals surface area contributed by atoms with Crippen LogP contribution in [0.1, 0.15) is 13.8 Å². The average molecular weight is 158 g/mol. The zero-order valence-corrected chi connectivity index (χ0v) is 6.55. The van der Waals surface area contributed by atoms with E-state index in [4.69, 9.17) is 0 Å². The van der Waals surface area contributed by atoms with Gasteiger partial charge in [-0.1, -0.05) is 6.58 Å². The average Bonchev–Trinajstić information content (AvgIpc) is 1.87. The molecule has 0 radical (unpaired) electrons. The number of ether oxygens (including phenoxy) is 2. The maximum atomic E-state index is 10.6. The van der Waals surface area contributed by atoms with Crippen LogP contribution in [0.3, 0.4) is 0 Å². The lowest BCUT2D eigenvalue weighted by Gasteiger charge is -2.00. The molecule has 62 valence electrons. The third-order valence-electron chi connectivity index (χ3n) is 0.787. The molecule has 0 atom stereocenters. The van der Waals surface area contributed by atoms with Crippen LogP contribution in [0.4, 0.5) is 4.79 Å². The van der Waals surface area contributed by atoms with Gasteiger partial charge in [0.15, 0.2) is 0 Å². The Morgan fingerprint density at radius 2 is 2.00 bits per heavy atom. The van der Waals surface area contributed by atoms with E-state index >= 15 is 0 Å². The van der Waals surface area contributed by atoms with Crippen LogP contribution in [0.15, 0.2) is 12.2 Å². The summed E-state index contributed by atoms with van der Waals surface area (Å²) in [6.07, 6.45) is -0.986. The number of carbonyl (C=O) groups is 2. The minimum atomic E-state index is -0.986. The molecule has 0 saturated heterocycles. The van der Waals surface area contributed by atoms with Crippen LogP contribution in [0, 0.1) is 0 Å². The summed E-state index contributed by atoms with van der Waals surface area (Å²) < 4.78 is 8.49. The molecular weight excluding hydrogens is 148 g/mol. The van der Waals surface area contributed by atoms with Crippen molar-refractivity contribution in [1.29, 1.82) is 0 Å². The standard InChI is InChI=1S/C7H10O4/c1-4-10-7(9)11-6(8)5(2)3/h2,4H2,1,3H3. The molecule has 0 spiro atoms. The van der Waals surface area contributed by atoms with E-state index in [1.807, 2.05) is 0 Å². The lowest BCUT2D eigenvalue weighted by atomic mass is 10.4. The Bertz CT molecular complexity index is 183. The Morgan fingerprint density at radius 3 is 2.36 bits per heavy atom. The molecule has 0 aromatic heterocycles. The first-order valence-electron chi connectivity index (χ1n) is 3.12. The van der Waals surface area contributed by atoms with Crippen molar-refractivity contribution < 1.29 is 19.1 Å². The van der Waals surface area contributed by atoms with Crippen LogP contribution in [-0.2, 0) is 14.3 Å². The fraction of sp³-hybridized carbons (Fsp3) is 0.429. The Hall–Kier alpha value is -1.32. The molecule has 0 aliphatic rings. The Labute approximate surface area is 64.8 Å². The van der Waals surface area contributed by atoms with Gasteiger partial charge in [-0.3, -0.25) is 0 Å². The van der Waals surface area contributed by atoms with Crippen molar-refractivity contribution in [2.45, 2.75) is 13.8 Å². The van der Waals surface area contributed by atoms with Gasteiger partial charge in [0.1, 0.15) is 0 Å². The predicted molar refractivity (Wildman–Crippen MR) is 37.9 cm³/mol. The molecular formula is C7H10O4. The Kier molecular flexibility index (Phi) is 3.95. The molecule has 0 aliphatic heterocycles. The van der Waals surface area contributed by atoms with Gasteiger partial charge in [0.25, 0.3) is 0 Å². The number of carbonyl (C=O) groups excluding carboxylic acids is 2. The zero-order valence-electron chi connectivity index (χ0n) is 6.55. The SMILES string of the molecule is C=C(C)C(=O)OC(=O)OCC. The van der Waals surface area contributed by atoms with Crippen molar-refractivity contribution in [3.63, 3.8) is 0 Å². The second kappa shape index (κ2) is 4.49. The Morgan fingerprint density at radius 1 is 1.45 bits per heavy atom. The van der Waals surface area contributed by atoms with Gasteiger partial charge in [-0.2, -0.15) is 0 Å². The lowest BCUT2D eigenvalue weighted by Crippen LogP contribution is -2.13. The molecule has 4 nitrogen and oxygen atoms in total. The smallest absolute Gasteiger partial charge is 0.434 e. The monoisotopic (exact) mass is 158 g/mol. The number of hydrogen-bond donors (Lipinski definition) is 0. The van der Waals surface area contributed by atoms with E-state index in [2.05, 4.69) is 16.1 Å². The normalized spacial score (nSPS) is 8.55. The molecule has 4 heteroatoms. The highest BCUT2D eigenvalue weighted by Crippen LogP contribution is 1.94. The molecule has 0 saturated carbocycles. The molecule has 0 aliphatic carbocycles. The molecule has 0 heterocycles. The molecule has 11 heavy (non-hydrogen) atoms. The quantitative estimate of drug-likeness (QED) is 0.345. The van der Waals surface area contributed by atoms with E-state index in [-0.39, 0.29) is 12.2 Å². The highest BCUT2D eigenvalue weighted by molar-refractivity contribution is 5.93. The summed E-state index contributed by atoms with van der Waals surface area (Å²) in [5, 5.41) is 0. The van der Waals surface area contributed by atoms with Gasteiger partial charge >= 0.3 is 12.1 Å². The molecule has 0 unspecified atom stereocenters. The second-order valence-corrected chi connectivity index (χ2v) is 1.85. The zero-order chi connectivity index (χ0) is 8.85. The van der Waals surface area contributed by atoms with Gasteiger partial charge in [-0.15, -0.1) is 0 Å². The second-order valence-electron chi connectivity index (χ2n) is 1.85. The number of hydrogen-bond acceptors (Lipinski definition) is 4. The van der Waals surface area contributed by atoms with Gasteiger partial charge in [-0.25, -0.2) is 9.59 Å². The summed E-state index contributed by atoms with van der Waals surface area (Å²) in [6, 6.07) is 0. The van der Waals surface area contributed by atoms with Gasteiger partial charge < -0.3 is 9.47 Å². The molecule has 0 aromatic rings. The van der Waals surface area contributed by atoms with Crippen molar-refractivity contribution in [3.8, 4) is 0 Å². The molecule has 0 bridgehead atoms. The van der Waals surface area contributed by atoms with Crippen LogP contribution < -0.4 is 0 Å². The van der Waals surface area contributed by atoms with Crippen molar-refractivity contribution in [1.82, 2.24) is 0 Å². The van der Waals surface area contributed by atoms with Crippen LogP contribution in [0.2, 0.25) is 0 Å². The molecule has 0 rings (SSSR count). The van der Waals surface area contributed by atoms with E-state index in [0.717, 1.165) is 0 Å². The van der Waals surface area contributed by atoms with E-state index in [0.29, 0.717) is 0 Å². The third-order valence-corrected chi connectivity index (χ3v) is 0.787. The molecule has 0 fully saturated rings. The van der Waals surface area contributed by atoms with Crippen molar-refractivity contribution >= 4 is 12.1 Å². The van der Waals surface area contributed by atoms with Crippen LogP contribution in [0.25, 0.3) is 0 Å². The minimum Gasteiger partial charge on any atom is -0.434 e. The predicted octanol–water partition coefficient (Wildman–Crippen LogP) is 1.26. The molecule has 0 N–H and O–H groups in total. The first-order chi connectivity index (χ1) is 5.07. The first kappa shape index (κ1) is 9.68. The lowest BCUT2D eigenvalue weighted by molar-refractivity contribution is -0.135. The fourth-order valence-electron chi connectivity index (χ4n) is 0.310. The van der Waals surface area contributed by atoms with E-state index in [1.165, 1.54) is 6.92 Å².